The Hall–Kier alpha value is -1.45. The Balaban J connectivity index is 2.66. The molecule has 1 aromatic heterocycles. The Morgan fingerprint density at radius 2 is 2.00 bits per heavy atom. The standard InChI is InChI=1S/C12H14F2N2/c1-7(2)8-5-4-6-9-10(8)16-11(15-9)12(3,13)14/h4-7H,1-3H3,(H,15,16). The number of nitrogens with one attached hydrogen (secondary N) is 1. The van der Waals surface area contributed by atoms with Gasteiger partial charge in [-0.2, -0.15) is 8.78 Å². The van der Waals surface area contributed by atoms with Crippen molar-refractivity contribution in [1.29, 1.82) is 0 Å². The first-order chi connectivity index (χ1) is 7.39. The van der Waals surface area contributed by atoms with Crippen LogP contribution in [0, 0.1) is 0 Å². The van der Waals surface area contributed by atoms with Gasteiger partial charge in [0.15, 0.2) is 5.82 Å². The molecule has 16 heavy (non-hydrogen) atoms. The van der Waals surface area contributed by atoms with Crippen molar-refractivity contribution in [2.75, 3.05) is 0 Å². The highest BCUT2D eigenvalue weighted by atomic mass is 19.3. The number of hydrogen-bond acceptors (Lipinski definition) is 1. The number of aromatic amines is 1. The van der Waals surface area contributed by atoms with E-state index in [9.17, 15) is 8.78 Å². The first kappa shape index (κ1) is 11.0. The van der Waals surface area contributed by atoms with Gasteiger partial charge in [-0.1, -0.05) is 26.0 Å². The maximum absolute atomic E-state index is 13.1. The molecule has 0 aliphatic rings. The molecule has 2 rings (SSSR count). The molecule has 2 aromatic rings. The van der Waals surface area contributed by atoms with E-state index >= 15 is 0 Å². The molecule has 1 N–H and O–H groups in total. The number of rotatable bonds is 2. The number of H-pyrrole nitrogens is 1. The van der Waals surface area contributed by atoms with Gasteiger partial charge >= 0.3 is 5.92 Å². The van der Waals surface area contributed by atoms with Crippen molar-refractivity contribution < 1.29 is 8.78 Å². The molecule has 0 saturated heterocycles. The Labute approximate surface area is 92.7 Å². The number of benzene rings is 1. The molecule has 86 valence electrons. The molecular formula is C12H14F2N2. The number of aromatic nitrogens is 2. The van der Waals surface area contributed by atoms with Crippen LogP contribution < -0.4 is 0 Å². The molecule has 0 aliphatic heterocycles. The van der Waals surface area contributed by atoms with E-state index in [-0.39, 0.29) is 11.7 Å². The fourth-order valence-electron chi connectivity index (χ4n) is 1.73. The smallest absolute Gasteiger partial charge is 0.301 e. The van der Waals surface area contributed by atoms with E-state index in [1.165, 1.54) is 0 Å². The first-order valence-corrected chi connectivity index (χ1v) is 5.26. The van der Waals surface area contributed by atoms with Crippen LogP contribution in [-0.4, -0.2) is 9.97 Å². The third kappa shape index (κ3) is 1.79. The monoisotopic (exact) mass is 224 g/mol. The van der Waals surface area contributed by atoms with E-state index in [1.54, 1.807) is 6.07 Å². The second kappa shape index (κ2) is 3.54. The Bertz CT molecular complexity index is 509. The van der Waals surface area contributed by atoms with Gasteiger partial charge in [0, 0.05) is 6.92 Å². The average molecular weight is 224 g/mol. The van der Waals surface area contributed by atoms with Gasteiger partial charge in [-0.15, -0.1) is 0 Å². The van der Waals surface area contributed by atoms with Crippen LogP contribution in [0.15, 0.2) is 18.2 Å². The van der Waals surface area contributed by atoms with Crippen molar-refractivity contribution in [3.63, 3.8) is 0 Å². The SMILES string of the molecule is CC(C)c1cccc2[nH]c(C(C)(F)F)nc12. The third-order valence-corrected chi connectivity index (χ3v) is 2.58. The van der Waals surface area contributed by atoms with Crippen molar-refractivity contribution in [2.45, 2.75) is 32.6 Å². The summed E-state index contributed by atoms with van der Waals surface area (Å²) in [6.45, 7) is 4.89. The van der Waals surface area contributed by atoms with Crippen LogP contribution in [-0.2, 0) is 5.92 Å². The number of alkyl halides is 2. The number of nitrogens with zero attached hydrogens (tertiary/aromatic N) is 1. The van der Waals surface area contributed by atoms with E-state index in [2.05, 4.69) is 9.97 Å². The topological polar surface area (TPSA) is 28.7 Å². The van der Waals surface area contributed by atoms with Crippen molar-refractivity contribution in [3.05, 3.63) is 29.6 Å². The van der Waals surface area contributed by atoms with Gasteiger partial charge in [-0.25, -0.2) is 4.98 Å². The summed E-state index contributed by atoms with van der Waals surface area (Å²) in [6, 6.07) is 5.54. The van der Waals surface area contributed by atoms with Crippen LogP contribution in [0.1, 0.15) is 38.1 Å². The summed E-state index contributed by atoms with van der Waals surface area (Å²) in [5.74, 6) is -2.92. The molecule has 0 bridgehead atoms. The molecule has 0 unspecified atom stereocenters. The van der Waals surface area contributed by atoms with E-state index in [1.807, 2.05) is 26.0 Å². The summed E-state index contributed by atoms with van der Waals surface area (Å²) >= 11 is 0. The van der Waals surface area contributed by atoms with Crippen molar-refractivity contribution in [3.8, 4) is 0 Å². The molecule has 0 aliphatic carbocycles. The fourth-order valence-corrected chi connectivity index (χ4v) is 1.73. The maximum Gasteiger partial charge on any atom is 0.301 e. The number of imidazole rings is 1. The highest BCUT2D eigenvalue weighted by Gasteiger charge is 2.28. The van der Waals surface area contributed by atoms with Crippen LogP contribution in [0.5, 0.6) is 0 Å². The minimum Gasteiger partial charge on any atom is -0.337 e. The Morgan fingerprint density at radius 1 is 1.31 bits per heavy atom. The second-order valence-corrected chi connectivity index (χ2v) is 4.37. The van der Waals surface area contributed by atoms with Crippen LogP contribution in [0.25, 0.3) is 11.0 Å². The van der Waals surface area contributed by atoms with Gasteiger partial charge in [0.2, 0.25) is 0 Å². The summed E-state index contributed by atoms with van der Waals surface area (Å²) in [4.78, 5) is 6.67. The van der Waals surface area contributed by atoms with Crippen LogP contribution >= 0.6 is 0 Å². The predicted molar refractivity (Wildman–Crippen MR) is 59.8 cm³/mol. The quantitative estimate of drug-likeness (QED) is 0.825. The van der Waals surface area contributed by atoms with Crippen LogP contribution in [0.4, 0.5) is 8.78 Å². The molecule has 0 amide bonds. The molecule has 0 spiro atoms. The summed E-state index contributed by atoms with van der Waals surface area (Å²) in [7, 11) is 0. The third-order valence-electron chi connectivity index (χ3n) is 2.58. The van der Waals surface area contributed by atoms with Gasteiger partial charge in [-0.05, 0) is 17.5 Å². The molecule has 4 heteroatoms. The Morgan fingerprint density at radius 3 is 2.56 bits per heavy atom. The molecule has 0 atom stereocenters. The van der Waals surface area contributed by atoms with Gasteiger partial charge in [0.1, 0.15) is 0 Å². The summed E-state index contributed by atoms with van der Waals surface area (Å²) < 4.78 is 26.3. The van der Waals surface area contributed by atoms with Gasteiger partial charge in [0.05, 0.1) is 11.0 Å². The maximum atomic E-state index is 13.1. The normalized spacial score (nSPS) is 12.6. The van der Waals surface area contributed by atoms with E-state index in [0.717, 1.165) is 12.5 Å². The summed E-state index contributed by atoms with van der Waals surface area (Å²) in [6.07, 6.45) is 0. The zero-order valence-electron chi connectivity index (χ0n) is 9.51. The molecule has 1 heterocycles. The van der Waals surface area contributed by atoms with Crippen molar-refractivity contribution in [1.82, 2.24) is 9.97 Å². The lowest BCUT2D eigenvalue weighted by Gasteiger charge is -2.05. The lowest BCUT2D eigenvalue weighted by atomic mass is 10.0. The van der Waals surface area contributed by atoms with Gasteiger partial charge in [0.25, 0.3) is 0 Å². The van der Waals surface area contributed by atoms with Crippen LogP contribution in [0.3, 0.4) is 0 Å². The lowest BCUT2D eigenvalue weighted by Crippen LogP contribution is -2.09. The molecule has 1 aromatic carbocycles. The molecule has 0 saturated carbocycles. The summed E-state index contributed by atoms with van der Waals surface area (Å²) in [5, 5.41) is 0. The van der Waals surface area contributed by atoms with E-state index < -0.39 is 5.92 Å². The molecule has 0 fully saturated rings. The zero-order valence-corrected chi connectivity index (χ0v) is 9.51. The molecule has 2 nitrogen and oxygen atoms in total. The van der Waals surface area contributed by atoms with Gasteiger partial charge < -0.3 is 4.98 Å². The van der Waals surface area contributed by atoms with Crippen LogP contribution in [0.2, 0.25) is 0 Å². The minimum atomic E-state index is -2.92. The molecular weight excluding hydrogens is 210 g/mol. The molecule has 0 radical (unpaired) electrons. The Kier molecular flexibility index (Phi) is 2.45. The number of fused-ring (bicyclic) bond motifs is 1. The summed E-state index contributed by atoms with van der Waals surface area (Å²) in [5.41, 5.74) is 2.31. The fraction of sp³-hybridized carbons (Fsp3) is 0.417. The highest BCUT2D eigenvalue weighted by molar-refractivity contribution is 5.79. The van der Waals surface area contributed by atoms with Crippen molar-refractivity contribution in [2.24, 2.45) is 0 Å². The number of hydrogen-bond donors (Lipinski definition) is 1. The zero-order chi connectivity index (χ0) is 11.9. The number of halogens is 2. The largest absolute Gasteiger partial charge is 0.337 e. The first-order valence-electron chi connectivity index (χ1n) is 5.26. The highest BCUT2D eigenvalue weighted by Crippen LogP contribution is 2.29. The minimum absolute atomic E-state index is 0.268. The van der Waals surface area contributed by atoms with E-state index in [4.69, 9.17) is 0 Å². The van der Waals surface area contributed by atoms with Gasteiger partial charge in [-0.3, -0.25) is 0 Å². The average Bonchev–Trinajstić information content (AvgIpc) is 2.59. The van der Waals surface area contributed by atoms with E-state index in [0.29, 0.717) is 11.0 Å². The van der Waals surface area contributed by atoms with Crippen molar-refractivity contribution >= 4 is 11.0 Å². The second-order valence-electron chi connectivity index (χ2n) is 4.37. The predicted octanol–water partition coefficient (Wildman–Crippen LogP) is 3.80. The number of para-hydroxylation sites is 1. The lowest BCUT2D eigenvalue weighted by molar-refractivity contribution is 0.00890.